The van der Waals surface area contributed by atoms with Crippen LogP contribution in [0, 0.1) is 5.92 Å². The van der Waals surface area contributed by atoms with Crippen LogP contribution in [0.5, 0.6) is 0 Å². The first-order valence-electron chi connectivity index (χ1n) is 12.5. The number of hydrogen-bond acceptors (Lipinski definition) is 13. The van der Waals surface area contributed by atoms with Crippen LogP contribution in [0.3, 0.4) is 0 Å². The number of ether oxygens (including phenoxy) is 3. The van der Waals surface area contributed by atoms with Gasteiger partial charge in [-0.05, 0) is 25.7 Å². The van der Waals surface area contributed by atoms with E-state index in [2.05, 4.69) is 13.8 Å². The third-order valence-corrected chi connectivity index (χ3v) is 8.34. The summed E-state index contributed by atoms with van der Waals surface area (Å²) in [5.41, 5.74) is 0.439. The molecular weight excluding hydrogens is 558 g/mol. The van der Waals surface area contributed by atoms with Crippen LogP contribution in [0.15, 0.2) is 10.6 Å². The number of carboxylic acids is 1. The van der Waals surface area contributed by atoms with Crippen LogP contribution in [0.1, 0.15) is 52.9 Å². The topological polar surface area (TPSA) is 200 Å². The van der Waals surface area contributed by atoms with Gasteiger partial charge in [-0.1, -0.05) is 35.4 Å². The van der Waals surface area contributed by atoms with E-state index in [4.69, 9.17) is 19.3 Å². The Morgan fingerprint density at radius 1 is 1.00 bits per heavy atom. The number of nitrogens with zero attached hydrogens (tertiary/aromatic N) is 1. The zero-order valence-corrected chi connectivity index (χ0v) is 23.9. The summed E-state index contributed by atoms with van der Waals surface area (Å²) < 4.78 is 15.2. The molecule has 13 nitrogen and oxygen atoms in total. The molecule has 5 N–H and O–H groups in total. The van der Waals surface area contributed by atoms with Crippen molar-refractivity contribution >= 4 is 45.9 Å². The molecule has 1 amide bonds. The predicted octanol–water partition coefficient (Wildman–Crippen LogP) is 0.635. The number of esters is 2. The number of aliphatic carboxylic acids is 1. The van der Waals surface area contributed by atoms with Crippen LogP contribution in [0.2, 0.25) is 0 Å². The molecule has 0 radical (unpaired) electrons. The molecule has 0 aliphatic carbocycles. The van der Waals surface area contributed by atoms with Gasteiger partial charge in [-0.2, -0.15) is 0 Å². The highest BCUT2D eigenvalue weighted by molar-refractivity contribution is 8.78. The minimum Gasteiger partial charge on any atom is -0.481 e. The lowest BCUT2D eigenvalue weighted by atomic mass is 9.99. The number of carbonyl (C=O) groups excluding carboxylic acids is 3. The SMILES string of the molecule is C/C(=C(\CCOC(=O)CCCC(=O)O)SSCCC(C)C)N(C=O)CC(=O)OCC1OC(O)C(O)C(O)C1O. The summed E-state index contributed by atoms with van der Waals surface area (Å²) in [5.74, 6) is -1.06. The lowest BCUT2D eigenvalue weighted by molar-refractivity contribution is -0.287. The summed E-state index contributed by atoms with van der Waals surface area (Å²) in [6, 6.07) is 0. The van der Waals surface area contributed by atoms with E-state index in [1.807, 2.05) is 0 Å². The highest BCUT2D eigenvalue weighted by Crippen LogP contribution is 2.36. The number of carboxylic acid groups (broad SMARTS) is 1. The van der Waals surface area contributed by atoms with E-state index < -0.39 is 61.8 Å². The van der Waals surface area contributed by atoms with Crippen LogP contribution < -0.4 is 0 Å². The van der Waals surface area contributed by atoms with Crippen LogP contribution in [0.25, 0.3) is 0 Å². The van der Waals surface area contributed by atoms with Crippen molar-refractivity contribution in [2.75, 3.05) is 25.5 Å². The zero-order chi connectivity index (χ0) is 29.5. The van der Waals surface area contributed by atoms with Gasteiger partial charge in [-0.3, -0.25) is 19.2 Å². The second kappa shape index (κ2) is 18.5. The molecule has 0 saturated carbocycles. The summed E-state index contributed by atoms with van der Waals surface area (Å²) >= 11 is 0. The first kappa shape index (κ1) is 35.1. The van der Waals surface area contributed by atoms with Crippen LogP contribution >= 0.6 is 21.6 Å². The number of allylic oxidation sites excluding steroid dienone is 1. The lowest BCUT2D eigenvalue weighted by Gasteiger charge is -2.37. The Hall–Kier alpha value is -1.88. The summed E-state index contributed by atoms with van der Waals surface area (Å²) in [4.78, 5) is 48.5. The minimum absolute atomic E-state index is 0.000867. The Bertz CT molecular complexity index is 840. The van der Waals surface area contributed by atoms with Crippen molar-refractivity contribution in [3.05, 3.63) is 10.6 Å². The molecule has 0 bridgehead atoms. The van der Waals surface area contributed by atoms with Crippen molar-refractivity contribution in [1.29, 1.82) is 0 Å². The monoisotopic (exact) mass is 597 g/mol. The van der Waals surface area contributed by atoms with Gasteiger partial charge in [0.1, 0.15) is 37.6 Å². The number of amides is 1. The molecule has 0 aromatic heterocycles. The second-order valence-electron chi connectivity index (χ2n) is 9.27. The van der Waals surface area contributed by atoms with E-state index in [1.54, 1.807) is 17.7 Å². The van der Waals surface area contributed by atoms with Crippen molar-refractivity contribution in [2.45, 2.75) is 83.6 Å². The van der Waals surface area contributed by atoms with Crippen LogP contribution in [0.4, 0.5) is 0 Å². The lowest BCUT2D eigenvalue weighted by Crippen LogP contribution is -2.58. The molecule has 39 heavy (non-hydrogen) atoms. The maximum atomic E-state index is 12.4. The Morgan fingerprint density at radius 2 is 1.69 bits per heavy atom. The third kappa shape index (κ3) is 13.4. The molecule has 0 spiro atoms. The van der Waals surface area contributed by atoms with Crippen LogP contribution in [-0.4, -0.2) is 111 Å². The summed E-state index contributed by atoms with van der Waals surface area (Å²) in [6.45, 7) is 4.79. The van der Waals surface area contributed by atoms with Gasteiger partial charge in [-0.15, -0.1) is 0 Å². The fraction of sp³-hybridized carbons (Fsp3) is 0.750. The molecule has 1 heterocycles. The standard InChI is InChI=1S/C24H39NO12S2/c1-14(2)8-10-38-39-17(7-9-35-19(29)6-4-5-18(27)28)15(3)25(13-26)11-20(30)36-12-16-21(31)22(32)23(33)24(34)37-16/h13-14,16,21-24,31-34H,4-12H2,1-3H3,(H,27,28)/b17-15-. The normalized spacial score (nSPS) is 23.6. The van der Waals surface area contributed by atoms with Gasteiger partial charge in [-0.25, -0.2) is 0 Å². The number of carbonyl (C=O) groups is 4. The number of rotatable bonds is 18. The van der Waals surface area contributed by atoms with E-state index in [9.17, 15) is 39.6 Å². The van der Waals surface area contributed by atoms with Gasteiger partial charge in [0.25, 0.3) is 0 Å². The molecule has 5 unspecified atom stereocenters. The van der Waals surface area contributed by atoms with Crippen molar-refractivity contribution < 1.29 is 58.9 Å². The fourth-order valence-electron chi connectivity index (χ4n) is 3.22. The van der Waals surface area contributed by atoms with Crippen molar-refractivity contribution in [2.24, 2.45) is 5.92 Å². The quantitative estimate of drug-likeness (QED) is 0.0637. The van der Waals surface area contributed by atoms with Gasteiger partial charge in [0.2, 0.25) is 6.41 Å². The highest BCUT2D eigenvalue weighted by atomic mass is 33.1. The van der Waals surface area contributed by atoms with Crippen molar-refractivity contribution in [3.63, 3.8) is 0 Å². The van der Waals surface area contributed by atoms with E-state index in [-0.39, 0.29) is 32.3 Å². The van der Waals surface area contributed by atoms with E-state index in [0.29, 0.717) is 22.9 Å². The number of hydrogen-bond donors (Lipinski definition) is 5. The largest absolute Gasteiger partial charge is 0.481 e. The minimum atomic E-state index is -1.78. The smallest absolute Gasteiger partial charge is 0.326 e. The molecule has 0 aromatic carbocycles. The van der Waals surface area contributed by atoms with Gasteiger partial charge >= 0.3 is 17.9 Å². The third-order valence-electron chi connectivity index (χ3n) is 5.66. The van der Waals surface area contributed by atoms with Crippen LogP contribution in [-0.2, 0) is 33.4 Å². The van der Waals surface area contributed by atoms with Gasteiger partial charge < -0.3 is 44.6 Å². The van der Waals surface area contributed by atoms with Gasteiger partial charge in [0, 0.05) is 35.6 Å². The average Bonchev–Trinajstić information content (AvgIpc) is 2.87. The van der Waals surface area contributed by atoms with E-state index in [1.165, 1.54) is 10.8 Å². The molecule has 1 aliphatic heterocycles. The Morgan fingerprint density at radius 3 is 2.31 bits per heavy atom. The molecule has 1 aliphatic rings. The molecule has 1 rings (SSSR count). The molecule has 0 aromatic rings. The van der Waals surface area contributed by atoms with Gasteiger partial charge in [0.15, 0.2) is 6.29 Å². The average molecular weight is 598 g/mol. The van der Waals surface area contributed by atoms with Crippen molar-refractivity contribution in [1.82, 2.24) is 4.90 Å². The van der Waals surface area contributed by atoms with Crippen molar-refractivity contribution in [3.8, 4) is 0 Å². The molecule has 5 atom stereocenters. The van der Waals surface area contributed by atoms with Gasteiger partial charge in [0.05, 0.1) is 6.61 Å². The molecule has 1 fully saturated rings. The molecule has 1 saturated heterocycles. The maximum absolute atomic E-state index is 12.4. The number of aliphatic hydroxyl groups excluding tert-OH is 4. The van der Waals surface area contributed by atoms with E-state index in [0.717, 1.165) is 17.1 Å². The summed E-state index contributed by atoms with van der Waals surface area (Å²) in [6.07, 6.45) is -6.44. The predicted molar refractivity (Wildman–Crippen MR) is 142 cm³/mol. The molecular formula is C24H39NO12S2. The van der Waals surface area contributed by atoms with E-state index >= 15 is 0 Å². The zero-order valence-electron chi connectivity index (χ0n) is 22.3. The fourth-order valence-corrected chi connectivity index (χ4v) is 5.99. The molecule has 224 valence electrons. The number of aliphatic hydroxyl groups is 4. The Labute approximate surface area is 235 Å². The first-order valence-corrected chi connectivity index (χ1v) is 14.8. The first-order chi connectivity index (χ1) is 18.4. The Kier molecular flexibility index (Phi) is 16.6. The second-order valence-corrected chi connectivity index (χ2v) is 11.8. The summed E-state index contributed by atoms with van der Waals surface area (Å²) in [5, 5.41) is 47.6. The molecule has 15 heteroatoms. The Balaban J connectivity index is 2.77. The maximum Gasteiger partial charge on any atom is 0.326 e. The summed E-state index contributed by atoms with van der Waals surface area (Å²) in [7, 11) is 2.95. The highest BCUT2D eigenvalue weighted by Gasteiger charge is 2.43.